The Bertz CT molecular complexity index is 256. The third-order valence-corrected chi connectivity index (χ3v) is 3.49. The molecular weight excluding hydrogens is 184 g/mol. The van der Waals surface area contributed by atoms with E-state index >= 15 is 0 Å². The third-order valence-electron chi connectivity index (χ3n) is 3.49. The van der Waals surface area contributed by atoms with Crippen molar-refractivity contribution in [2.45, 2.75) is 58.8 Å². The summed E-state index contributed by atoms with van der Waals surface area (Å²) in [6, 6.07) is 0. The van der Waals surface area contributed by atoms with Gasteiger partial charge in [-0.15, -0.1) is 11.8 Å². The largest absolute Gasteiger partial charge is 0.299 e. The maximum atomic E-state index is 11.9. The molecule has 2 atom stereocenters. The van der Waals surface area contributed by atoms with Crippen LogP contribution in [-0.4, -0.2) is 5.78 Å². The van der Waals surface area contributed by atoms with Crippen LogP contribution in [0.25, 0.3) is 0 Å². The zero-order valence-corrected chi connectivity index (χ0v) is 10.0. The highest BCUT2D eigenvalue weighted by atomic mass is 16.1. The molecule has 0 aliphatic heterocycles. The quantitative estimate of drug-likeness (QED) is 0.643. The van der Waals surface area contributed by atoms with Crippen molar-refractivity contribution >= 4 is 5.78 Å². The molecule has 0 aromatic heterocycles. The second-order valence-corrected chi connectivity index (χ2v) is 4.53. The van der Waals surface area contributed by atoms with Gasteiger partial charge in [0.2, 0.25) is 0 Å². The first-order valence-electron chi connectivity index (χ1n) is 6.20. The van der Waals surface area contributed by atoms with E-state index in [9.17, 15) is 4.79 Å². The van der Waals surface area contributed by atoms with Crippen LogP contribution in [0, 0.1) is 23.7 Å². The van der Waals surface area contributed by atoms with Gasteiger partial charge in [0.1, 0.15) is 5.78 Å². The van der Waals surface area contributed by atoms with E-state index < -0.39 is 0 Å². The Labute approximate surface area is 93.6 Å². The van der Waals surface area contributed by atoms with Crippen LogP contribution < -0.4 is 0 Å². The van der Waals surface area contributed by atoms with E-state index in [0.29, 0.717) is 18.1 Å². The summed E-state index contributed by atoms with van der Waals surface area (Å²) in [4.78, 5) is 11.9. The van der Waals surface area contributed by atoms with E-state index in [1.54, 1.807) is 0 Å². The molecule has 0 aromatic carbocycles. The maximum absolute atomic E-state index is 11.9. The second-order valence-electron chi connectivity index (χ2n) is 4.53. The molecule has 2 unspecified atom stereocenters. The summed E-state index contributed by atoms with van der Waals surface area (Å²) in [5, 5.41) is 0. The lowest BCUT2D eigenvalue weighted by Crippen LogP contribution is -2.22. The van der Waals surface area contributed by atoms with Gasteiger partial charge in [-0.05, 0) is 25.7 Å². The lowest BCUT2D eigenvalue weighted by atomic mass is 9.77. The third kappa shape index (κ3) is 4.08. The van der Waals surface area contributed by atoms with Gasteiger partial charge in [0, 0.05) is 18.8 Å². The number of hydrogen-bond acceptors (Lipinski definition) is 1. The standard InChI is InChI=1S/C14H22O/c1-3-5-6-10-14(15)13-9-7-8-12(4-2)11-13/h12-13H,4,6-11H2,1-2H3. The molecule has 1 aliphatic carbocycles. The van der Waals surface area contributed by atoms with Gasteiger partial charge < -0.3 is 0 Å². The average Bonchev–Trinajstić information content (AvgIpc) is 2.29. The molecule has 0 aromatic rings. The molecule has 1 rings (SSSR count). The maximum Gasteiger partial charge on any atom is 0.136 e. The van der Waals surface area contributed by atoms with Crippen molar-refractivity contribution in [3.05, 3.63) is 0 Å². The summed E-state index contributed by atoms with van der Waals surface area (Å²) in [7, 11) is 0. The van der Waals surface area contributed by atoms with Crippen LogP contribution in [0.15, 0.2) is 0 Å². The Morgan fingerprint density at radius 1 is 1.40 bits per heavy atom. The first-order valence-corrected chi connectivity index (χ1v) is 6.20. The lowest BCUT2D eigenvalue weighted by Gasteiger charge is -2.27. The molecule has 1 nitrogen and oxygen atoms in total. The van der Waals surface area contributed by atoms with Gasteiger partial charge >= 0.3 is 0 Å². The van der Waals surface area contributed by atoms with Gasteiger partial charge in [0.25, 0.3) is 0 Å². The van der Waals surface area contributed by atoms with Crippen molar-refractivity contribution in [1.29, 1.82) is 0 Å². The van der Waals surface area contributed by atoms with Crippen LogP contribution in [-0.2, 0) is 4.79 Å². The molecule has 0 amide bonds. The first kappa shape index (κ1) is 12.3. The number of rotatable bonds is 4. The fraction of sp³-hybridized carbons (Fsp3) is 0.786. The van der Waals surface area contributed by atoms with E-state index in [0.717, 1.165) is 25.2 Å². The van der Waals surface area contributed by atoms with Crippen LogP contribution in [0.1, 0.15) is 58.8 Å². The van der Waals surface area contributed by atoms with Crippen molar-refractivity contribution in [3.8, 4) is 11.8 Å². The van der Waals surface area contributed by atoms with Crippen LogP contribution in [0.2, 0.25) is 0 Å². The number of carbonyl (C=O) groups is 1. The Kier molecular flexibility index (Phi) is 5.47. The van der Waals surface area contributed by atoms with E-state index in [1.165, 1.54) is 19.3 Å². The number of carbonyl (C=O) groups excluding carboxylic acids is 1. The summed E-state index contributed by atoms with van der Waals surface area (Å²) in [6.07, 6.45) is 7.48. The van der Waals surface area contributed by atoms with Crippen LogP contribution in [0.3, 0.4) is 0 Å². The topological polar surface area (TPSA) is 17.1 Å². The van der Waals surface area contributed by atoms with E-state index in [1.807, 2.05) is 6.92 Å². The van der Waals surface area contributed by atoms with Crippen molar-refractivity contribution in [1.82, 2.24) is 0 Å². The molecule has 0 radical (unpaired) electrons. The van der Waals surface area contributed by atoms with Gasteiger partial charge in [-0.1, -0.05) is 26.2 Å². The van der Waals surface area contributed by atoms with Gasteiger partial charge in [0.05, 0.1) is 0 Å². The lowest BCUT2D eigenvalue weighted by molar-refractivity contribution is -0.124. The summed E-state index contributed by atoms with van der Waals surface area (Å²) >= 11 is 0. The minimum Gasteiger partial charge on any atom is -0.299 e. The monoisotopic (exact) mass is 206 g/mol. The van der Waals surface area contributed by atoms with Gasteiger partial charge in [0.15, 0.2) is 0 Å². The number of Topliss-reactive ketones (excluding diaryl/α,β-unsaturated/α-hetero) is 1. The van der Waals surface area contributed by atoms with E-state index in [2.05, 4.69) is 18.8 Å². The highest BCUT2D eigenvalue weighted by molar-refractivity contribution is 5.81. The molecule has 1 aliphatic rings. The van der Waals surface area contributed by atoms with Gasteiger partial charge in [-0.3, -0.25) is 4.79 Å². The molecule has 1 heteroatoms. The smallest absolute Gasteiger partial charge is 0.136 e. The molecule has 1 saturated carbocycles. The summed E-state index contributed by atoms with van der Waals surface area (Å²) in [5.74, 6) is 7.42. The van der Waals surface area contributed by atoms with E-state index in [-0.39, 0.29) is 0 Å². The zero-order valence-electron chi connectivity index (χ0n) is 10.0. The van der Waals surface area contributed by atoms with Crippen LogP contribution >= 0.6 is 0 Å². The highest BCUT2D eigenvalue weighted by Gasteiger charge is 2.25. The summed E-state index contributed by atoms with van der Waals surface area (Å²) < 4.78 is 0. The van der Waals surface area contributed by atoms with Gasteiger partial charge in [-0.2, -0.15) is 0 Å². The number of ketones is 1. The van der Waals surface area contributed by atoms with Gasteiger partial charge in [-0.25, -0.2) is 0 Å². The first-order chi connectivity index (χ1) is 7.27. The van der Waals surface area contributed by atoms with E-state index in [4.69, 9.17) is 0 Å². The summed E-state index contributed by atoms with van der Waals surface area (Å²) in [5.41, 5.74) is 0. The fourth-order valence-corrected chi connectivity index (χ4v) is 2.47. The molecule has 1 fully saturated rings. The molecule has 15 heavy (non-hydrogen) atoms. The molecule has 0 spiro atoms. The highest BCUT2D eigenvalue weighted by Crippen LogP contribution is 2.32. The molecule has 84 valence electrons. The molecule has 0 saturated heterocycles. The van der Waals surface area contributed by atoms with Crippen LogP contribution in [0.4, 0.5) is 0 Å². The van der Waals surface area contributed by atoms with Crippen molar-refractivity contribution in [2.24, 2.45) is 11.8 Å². The molecule has 0 N–H and O–H groups in total. The number of hydrogen-bond donors (Lipinski definition) is 0. The Balaban J connectivity index is 2.33. The average molecular weight is 206 g/mol. The van der Waals surface area contributed by atoms with Crippen molar-refractivity contribution in [3.63, 3.8) is 0 Å². The zero-order chi connectivity index (χ0) is 11.1. The minimum absolute atomic E-state index is 0.349. The predicted octanol–water partition coefficient (Wildman–Crippen LogP) is 3.58. The molecule has 0 heterocycles. The fourth-order valence-electron chi connectivity index (χ4n) is 2.47. The Morgan fingerprint density at radius 2 is 2.20 bits per heavy atom. The molecular formula is C14H22O. The second kappa shape index (κ2) is 6.67. The SMILES string of the molecule is CC#CCCC(=O)C1CCCC(CC)C1. The van der Waals surface area contributed by atoms with Crippen molar-refractivity contribution < 1.29 is 4.79 Å². The van der Waals surface area contributed by atoms with Crippen molar-refractivity contribution in [2.75, 3.05) is 0 Å². The predicted molar refractivity (Wildman–Crippen MR) is 63.4 cm³/mol. The molecule has 0 bridgehead atoms. The Hall–Kier alpha value is -0.770. The Morgan fingerprint density at radius 3 is 2.87 bits per heavy atom. The normalized spacial score (nSPS) is 25.5. The summed E-state index contributed by atoms with van der Waals surface area (Å²) in [6.45, 7) is 4.07. The minimum atomic E-state index is 0.349. The van der Waals surface area contributed by atoms with Crippen LogP contribution in [0.5, 0.6) is 0 Å².